The van der Waals surface area contributed by atoms with Crippen molar-refractivity contribution in [2.45, 2.75) is 11.3 Å². The number of nitrogens with zero attached hydrogens (tertiary/aromatic N) is 3. The van der Waals surface area contributed by atoms with Crippen LogP contribution in [0.3, 0.4) is 0 Å². The second-order valence-electron chi connectivity index (χ2n) is 6.62. The monoisotopic (exact) mass is 411 g/mol. The summed E-state index contributed by atoms with van der Waals surface area (Å²) in [5.74, 6) is -0.348. The molecule has 0 aromatic heterocycles. The molecular formula is C18H25N3O6S. The van der Waals surface area contributed by atoms with Crippen molar-refractivity contribution < 1.29 is 27.5 Å². The molecule has 0 saturated carbocycles. The van der Waals surface area contributed by atoms with Crippen molar-refractivity contribution in [1.29, 1.82) is 0 Å². The lowest BCUT2D eigenvalue weighted by atomic mass is 10.2. The first-order chi connectivity index (χ1) is 13.4. The normalized spacial score (nSPS) is 19.2. The molecular weight excluding hydrogens is 386 g/mol. The Labute approximate surface area is 164 Å². The molecule has 2 aliphatic rings. The highest BCUT2D eigenvalue weighted by Gasteiger charge is 2.32. The fourth-order valence-corrected chi connectivity index (χ4v) is 4.99. The summed E-state index contributed by atoms with van der Waals surface area (Å²) in [6.45, 7) is 2.81. The van der Waals surface area contributed by atoms with E-state index in [1.54, 1.807) is 28.0 Å². The van der Waals surface area contributed by atoms with Crippen molar-refractivity contribution in [2.75, 3.05) is 59.6 Å². The molecule has 0 bridgehead atoms. The van der Waals surface area contributed by atoms with Gasteiger partial charge in [0.05, 0.1) is 30.8 Å². The molecule has 9 nitrogen and oxygen atoms in total. The van der Waals surface area contributed by atoms with Gasteiger partial charge in [-0.1, -0.05) is 12.1 Å². The largest absolute Gasteiger partial charge is 0.453 e. The van der Waals surface area contributed by atoms with Gasteiger partial charge in [0, 0.05) is 39.3 Å². The van der Waals surface area contributed by atoms with Crippen LogP contribution in [0.4, 0.5) is 4.79 Å². The van der Waals surface area contributed by atoms with Gasteiger partial charge in [-0.05, 0) is 18.6 Å². The third kappa shape index (κ3) is 4.29. The summed E-state index contributed by atoms with van der Waals surface area (Å²) in [5, 5.41) is 0. The maximum Gasteiger partial charge on any atom is 0.409 e. The molecule has 2 fully saturated rings. The minimum atomic E-state index is -3.79. The number of hydrogen-bond acceptors (Lipinski definition) is 6. The predicted molar refractivity (Wildman–Crippen MR) is 101 cm³/mol. The topological polar surface area (TPSA) is 96.5 Å². The van der Waals surface area contributed by atoms with Crippen LogP contribution in [-0.2, 0) is 19.5 Å². The number of ether oxygens (including phenoxy) is 2. The van der Waals surface area contributed by atoms with Crippen molar-refractivity contribution in [2.24, 2.45) is 0 Å². The highest BCUT2D eigenvalue weighted by Crippen LogP contribution is 2.23. The van der Waals surface area contributed by atoms with E-state index in [9.17, 15) is 18.0 Å². The second kappa shape index (κ2) is 8.89. The molecule has 1 aromatic rings. The van der Waals surface area contributed by atoms with Gasteiger partial charge in [-0.15, -0.1) is 0 Å². The molecule has 0 atom stereocenters. The lowest BCUT2D eigenvalue weighted by Gasteiger charge is -2.28. The van der Waals surface area contributed by atoms with Crippen LogP contribution in [0.25, 0.3) is 0 Å². The number of amides is 2. The van der Waals surface area contributed by atoms with Crippen molar-refractivity contribution >= 4 is 22.0 Å². The zero-order valence-electron chi connectivity index (χ0n) is 15.9. The first-order valence-electron chi connectivity index (χ1n) is 9.24. The zero-order chi connectivity index (χ0) is 20.1. The Kier molecular flexibility index (Phi) is 6.53. The van der Waals surface area contributed by atoms with Gasteiger partial charge in [0.2, 0.25) is 10.0 Å². The van der Waals surface area contributed by atoms with E-state index in [0.29, 0.717) is 45.8 Å². The van der Waals surface area contributed by atoms with E-state index in [1.165, 1.54) is 17.5 Å². The minimum Gasteiger partial charge on any atom is -0.453 e. The average molecular weight is 411 g/mol. The van der Waals surface area contributed by atoms with Gasteiger partial charge in [-0.3, -0.25) is 4.79 Å². The second-order valence-corrected chi connectivity index (χ2v) is 8.52. The van der Waals surface area contributed by atoms with Crippen molar-refractivity contribution in [3.05, 3.63) is 29.8 Å². The van der Waals surface area contributed by atoms with E-state index < -0.39 is 16.1 Å². The summed E-state index contributed by atoms with van der Waals surface area (Å²) in [6, 6.07) is 6.28. The molecule has 0 unspecified atom stereocenters. The van der Waals surface area contributed by atoms with Crippen LogP contribution in [-0.4, -0.2) is 94.1 Å². The highest BCUT2D eigenvalue weighted by atomic mass is 32.2. The van der Waals surface area contributed by atoms with Crippen LogP contribution in [0.2, 0.25) is 0 Å². The lowest BCUT2D eigenvalue weighted by molar-refractivity contribution is 0.0725. The van der Waals surface area contributed by atoms with E-state index in [2.05, 4.69) is 0 Å². The van der Waals surface area contributed by atoms with E-state index in [0.717, 1.165) is 0 Å². The maximum atomic E-state index is 13.1. The molecule has 154 valence electrons. The Morgan fingerprint density at radius 3 is 2.32 bits per heavy atom. The molecule has 2 heterocycles. The van der Waals surface area contributed by atoms with Crippen LogP contribution >= 0.6 is 0 Å². The predicted octanol–water partition coefficient (Wildman–Crippen LogP) is 0.622. The zero-order valence-corrected chi connectivity index (χ0v) is 16.7. The number of benzene rings is 1. The van der Waals surface area contributed by atoms with Crippen LogP contribution in [0.5, 0.6) is 0 Å². The summed E-state index contributed by atoms with van der Waals surface area (Å²) < 4.78 is 37.5. The minimum absolute atomic E-state index is 0.0102. The van der Waals surface area contributed by atoms with Crippen molar-refractivity contribution in [1.82, 2.24) is 14.1 Å². The fourth-order valence-electron chi connectivity index (χ4n) is 3.40. The fraction of sp³-hybridized carbons (Fsp3) is 0.556. The molecule has 0 N–H and O–H groups in total. The molecule has 2 amide bonds. The van der Waals surface area contributed by atoms with Gasteiger partial charge >= 0.3 is 6.09 Å². The molecule has 1 aromatic carbocycles. The van der Waals surface area contributed by atoms with E-state index in [4.69, 9.17) is 9.47 Å². The molecule has 10 heteroatoms. The number of rotatable bonds is 3. The molecule has 0 radical (unpaired) electrons. The van der Waals surface area contributed by atoms with Crippen LogP contribution in [0.1, 0.15) is 16.8 Å². The standard InChI is InChI=1S/C18H25N3O6S/c1-26-18(23)20-8-4-7-19(9-10-20)17(22)15-5-2-3-6-16(15)28(24,25)21-11-13-27-14-12-21/h2-3,5-6H,4,7-14H2,1H3. The number of methoxy groups -OCH3 is 1. The summed E-state index contributed by atoms with van der Waals surface area (Å²) in [6.07, 6.45) is 0.170. The smallest absolute Gasteiger partial charge is 0.409 e. The van der Waals surface area contributed by atoms with Gasteiger partial charge in [0.15, 0.2) is 0 Å². The SMILES string of the molecule is COC(=O)N1CCCN(C(=O)c2ccccc2S(=O)(=O)N2CCOCC2)CC1. The number of hydrogen-bond donors (Lipinski definition) is 0. The van der Waals surface area contributed by atoms with Crippen LogP contribution in [0, 0.1) is 0 Å². The number of sulfonamides is 1. The molecule has 0 spiro atoms. The lowest BCUT2D eigenvalue weighted by Crippen LogP contribution is -2.42. The van der Waals surface area contributed by atoms with E-state index >= 15 is 0 Å². The summed E-state index contributed by atoms with van der Waals surface area (Å²) in [7, 11) is -2.47. The number of carbonyl (C=O) groups is 2. The number of carbonyl (C=O) groups excluding carboxylic acids is 2. The molecule has 2 saturated heterocycles. The number of morpholine rings is 1. The molecule has 2 aliphatic heterocycles. The molecule has 0 aliphatic carbocycles. The molecule has 28 heavy (non-hydrogen) atoms. The van der Waals surface area contributed by atoms with Crippen LogP contribution < -0.4 is 0 Å². The van der Waals surface area contributed by atoms with Crippen LogP contribution in [0.15, 0.2) is 29.2 Å². The Hall–Kier alpha value is -2.17. The van der Waals surface area contributed by atoms with Gasteiger partial charge in [-0.2, -0.15) is 4.31 Å². The third-order valence-electron chi connectivity index (χ3n) is 4.92. The van der Waals surface area contributed by atoms with E-state index in [1.807, 2.05) is 0 Å². The van der Waals surface area contributed by atoms with Gasteiger partial charge < -0.3 is 19.3 Å². The Balaban J connectivity index is 1.82. The van der Waals surface area contributed by atoms with Crippen molar-refractivity contribution in [3.63, 3.8) is 0 Å². The Morgan fingerprint density at radius 2 is 1.61 bits per heavy atom. The highest BCUT2D eigenvalue weighted by molar-refractivity contribution is 7.89. The first-order valence-corrected chi connectivity index (χ1v) is 10.7. The third-order valence-corrected chi connectivity index (χ3v) is 6.88. The maximum absolute atomic E-state index is 13.1. The van der Waals surface area contributed by atoms with Gasteiger partial charge in [0.25, 0.3) is 5.91 Å². The molecule has 3 rings (SSSR count). The Bertz CT molecular complexity index is 822. The van der Waals surface area contributed by atoms with Gasteiger partial charge in [0.1, 0.15) is 0 Å². The average Bonchev–Trinajstić information content (AvgIpc) is 2.99. The van der Waals surface area contributed by atoms with Crippen molar-refractivity contribution in [3.8, 4) is 0 Å². The van der Waals surface area contributed by atoms with Gasteiger partial charge in [-0.25, -0.2) is 13.2 Å². The summed E-state index contributed by atoms with van der Waals surface area (Å²) >= 11 is 0. The van der Waals surface area contributed by atoms with E-state index in [-0.39, 0.29) is 29.5 Å². The first kappa shape index (κ1) is 20.6. The quantitative estimate of drug-likeness (QED) is 0.724. The Morgan fingerprint density at radius 1 is 0.964 bits per heavy atom. The summed E-state index contributed by atoms with van der Waals surface area (Å²) in [5.41, 5.74) is 0.153. The summed E-state index contributed by atoms with van der Waals surface area (Å²) in [4.78, 5) is 28.0.